The van der Waals surface area contributed by atoms with Gasteiger partial charge >= 0.3 is 0 Å². The number of carbonyl (C=O) groups is 1. The van der Waals surface area contributed by atoms with Crippen molar-refractivity contribution >= 4 is 22.4 Å². The number of anilines is 1. The fraction of sp³-hybridized carbons (Fsp3) is 0.312. The monoisotopic (exact) mass is 270 g/mol. The van der Waals surface area contributed by atoms with Crippen LogP contribution in [0.3, 0.4) is 0 Å². The summed E-state index contributed by atoms with van der Waals surface area (Å²) in [6.07, 6.45) is 1.94. The molecule has 2 aromatic carbocycles. The second-order valence-corrected chi connectivity index (χ2v) is 5.63. The third-order valence-corrected chi connectivity index (χ3v) is 4.08. The van der Waals surface area contributed by atoms with E-state index in [0.717, 1.165) is 23.6 Å². The number of aliphatic hydroxyl groups excluding tert-OH is 1. The van der Waals surface area contributed by atoms with Gasteiger partial charge in [-0.1, -0.05) is 24.3 Å². The van der Waals surface area contributed by atoms with E-state index >= 15 is 0 Å². The van der Waals surface area contributed by atoms with Crippen LogP contribution in [0.25, 0.3) is 10.8 Å². The number of nitrogen functional groups attached to an aromatic ring is 1. The zero-order chi connectivity index (χ0) is 14.2. The molecule has 0 aliphatic heterocycles. The number of fused-ring (bicyclic) bond motifs is 1. The van der Waals surface area contributed by atoms with Gasteiger partial charge in [-0.3, -0.25) is 4.79 Å². The minimum absolute atomic E-state index is 0.0960. The van der Waals surface area contributed by atoms with Gasteiger partial charge in [0.25, 0.3) is 5.91 Å². The third-order valence-electron chi connectivity index (χ3n) is 4.08. The average molecular weight is 270 g/mol. The topological polar surface area (TPSA) is 75.4 Å². The molecule has 0 heterocycles. The van der Waals surface area contributed by atoms with Crippen LogP contribution in [0.4, 0.5) is 5.69 Å². The number of amides is 1. The lowest BCUT2D eigenvalue weighted by Gasteiger charge is -2.14. The Morgan fingerprint density at radius 3 is 2.50 bits per heavy atom. The molecular formula is C16H18N2O2. The molecule has 0 unspecified atom stereocenters. The summed E-state index contributed by atoms with van der Waals surface area (Å²) < 4.78 is 0. The van der Waals surface area contributed by atoms with Crippen molar-refractivity contribution in [3.8, 4) is 0 Å². The first kappa shape index (κ1) is 12.9. The van der Waals surface area contributed by atoms with Crippen LogP contribution in [0, 0.1) is 5.41 Å². The summed E-state index contributed by atoms with van der Waals surface area (Å²) in [5, 5.41) is 14.2. The van der Waals surface area contributed by atoms with Gasteiger partial charge in [-0.15, -0.1) is 0 Å². The second kappa shape index (κ2) is 4.80. The van der Waals surface area contributed by atoms with E-state index in [-0.39, 0.29) is 17.9 Å². The number of nitrogens with one attached hydrogen (secondary N) is 1. The number of benzene rings is 2. The molecule has 0 spiro atoms. The van der Waals surface area contributed by atoms with Gasteiger partial charge in [0.2, 0.25) is 0 Å². The fourth-order valence-corrected chi connectivity index (χ4v) is 2.39. The molecule has 2 aromatic rings. The fourth-order valence-electron chi connectivity index (χ4n) is 2.39. The lowest BCUT2D eigenvalue weighted by molar-refractivity contribution is 0.0936. The molecular weight excluding hydrogens is 252 g/mol. The number of aliphatic hydroxyl groups is 1. The summed E-state index contributed by atoms with van der Waals surface area (Å²) in [6, 6.07) is 11.5. The maximum Gasteiger partial charge on any atom is 0.253 e. The minimum atomic E-state index is -0.173. The molecule has 20 heavy (non-hydrogen) atoms. The average Bonchev–Trinajstić information content (AvgIpc) is 3.25. The summed E-state index contributed by atoms with van der Waals surface area (Å²) in [5.41, 5.74) is 6.85. The van der Waals surface area contributed by atoms with E-state index in [4.69, 9.17) is 5.73 Å². The molecule has 3 rings (SSSR count). The summed E-state index contributed by atoms with van der Waals surface area (Å²) in [7, 11) is 0. The molecule has 4 N–H and O–H groups in total. The zero-order valence-corrected chi connectivity index (χ0v) is 11.2. The molecule has 1 saturated carbocycles. The molecule has 0 aromatic heterocycles. The summed E-state index contributed by atoms with van der Waals surface area (Å²) in [6.45, 7) is 0.634. The van der Waals surface area contributed by atoms with Crippen LogP contribution in [0.2, 0.25) is 0 Å². The number of hydrogen-bond acceptors (Lipinski definition) is 3. The van der Waals surface area contributed by atoms with E-state index in [9.17, 15) is 9.90 Å². The van der Waals surface area contributed by atoms with Gasteiger partial charge in [0.1, 0.15) is 0 Å². The first-order chi connectivity index (χ1) is 9.63. The van der Waals surface area contributed by atoms with Crippen LogP contribution in [0.1, 0.15) is 23.2 Å². The van der Waals surface area contributed by atoms with Crippen molar-refractivity contribution in [1.29, 1.82) is 0 Å². The van der Waals surface area contributed by atoms with Crippen molar-refractivity contribution in [2.75, 3.05) is 18.9 Å². The Kier molecular flexibility index (Phi) is 3.10. The van der Waals surface area contributed by atoms with Gasteiger partial charge in [-0.25, -0.2) is 0 Å². The largest absolute Gasteiger partial charge is 0.398 e. The van der Waals surface area contributed by atoms with Crippen LogP contribution >= 0.6 is 0 Å². The van der Waals surface area contributed by atoms with E-state index < -0.39 is 0 Å². The van der Waals surface area contributed by atoms with Crippen LogP contribution < -0.4 is 11.1 Å². The van der Waals surface area contributed by atoms with Crippen LogP contribution in [-0.4, -0.2) is 24.2 Å². The van der Waals surface area contributed by atoms with Crippen molar-refractivity contribution in [3.63, 3.8) is 0 Å². The van der Waals surface area contributed by atoms with Crippen molar-refractivity contribution in [3.05, 3.63) is 42.0 Å². The highest BCUT2D eigenvalue weighted by Gasteiger charge is 2.42. The molecule has 1 fully saturated rings. The maximum atomic E-state index is 12.2. The molecule has 0 atom stereocenters. The van der Waals surface area contributed by atoms with Crippen molar-refractivity contribution in [1.82, 2.24) is 5.32 Å². The standard InChI is InChI=1S/C16H18N2O2/c17-14-8-12-4-2-1-3-11(12)7-13(14)15(20)18-9-16(10-19)5-6-16/h1-4,7-8,19H,5-6,9-10,17H2,(H,18,20). The van der Waals surface area contributed by atoms with E-state index in [1.54, 1.807) is 0 Å². The number of nitrogens with two attached hydrogens (primary N) is 1. The molecule has 4 nitrogen and oxygen atoms in total. The first-order valence-corrected chi connectivity index (χ1v) is 6.81. The van der Waals surface area contributed by atoms with Crippen LogP contribution in [-0.2, 0) is 0 Å². The van der Waals surface area contributed by atoms with Crippen molar-refractivity contribution < 1.29 is 9.90 Å². The van der Waals surface area contributed by atoms with Gasteiger partial charge in [0, 0.05) is 17.6 Å². The number of hydrogen-bond donors (Lipinski definition) is 3. The predicted octanol–water partition coefficient (Wildman–Crippen LogP) is 1.92. The third kappa shape index (κ3) is 2.34. The van der Waals surface area contributed by atoms with Gasteiger partial charge in [-0.05, 0) is 35.7 Å². The summed E-state index contributed by atoms with van der Waals surface area (Å²) in [5.74, 6) is -0.173. The Morgan fingerprint density at radius 2 is 1.90 bits per heavy atom. The first-order valence-electron chi connectivity index (χ1n) is 6.81. The highest BCUT2D eigenvalue weighted by atomic mass is 16.3. The quantitative estimate of drug-likeness (QED) is 0.743. The smallest absolute Gasteiger partial charge is 0.253 e. The lowest BCUT2D eigenvalue weighted by Crippen LogP contribution is -2.32. The SMILES string of the molecule is Nc1cc2ccccc2cc1C(=O)NCC1(CO)CC1. The second-order valence-electron chi connectivity index (χ2n) is 5.63. The van der Waals surface area contributed by atoms with Gasteiger partial charge < -0.3 is 16.2 Å². The number of carbonyl (C=O) groups excluding carboxylic acids is 1. The Labute approximate surface area is 117 Å². The molecule has 4 heteroatoms. The van der Waals surface area contributed by atoms with E-state index in [1.807, 2.05) is 36.4 Å². The predicted molar refractivity (Wildman–Crippen MR) is 79.4 cm³/mol. The summed E-state index contributed by atoms with van der Waals surface area (Å²) in [4.78, 5) is 12.2. The Hall–Kier alpha value is -2.07. The van der Waals surface area contributed by atoms with Crippen molar-refractivity contribution in [2.24, 2.45) is 5.41 Å². The molecule has 1 amide bonds. The van der Waals surface area contributed by atoms with Gasteiger partial charge in [0.15, 0.2) is 0 Å². The highest BCUT2D eigenvalue weighted by molar-refractivity contribution is 6.03. The van der Waals surface area contributed by atoms with E-state index in [1.165, 1.54) is 0 Å². The number of rotatable bonds is 4. The van der Waals surface area contributed by atoms with Gasteiger partial charge in [0.05, 0.1) is 12.2 Å². The maximum absolute atomic E-state index is 12.2. The van der Waals surface area contributed by atoms with Crippen LogP contribution in [0.15, 0.2) is 36.4 Å². The lowest BCUT2D eigenvalue weighted by atomic mass is 10.0. The minimum Gasteiger partial charge on any atom is -0.398 e. The summed E-state index contributed by atoms with van der Waals surface area (Å²) >= 11 is 0. The van der Waals surface area contributed by atoms with E-state index in [2.05, 4.69) is 5.32 Å². The Morgan fingerprint density at radius 1 is 1.25 bits per heavy atom. The molecule has 0 bridgehead atoms. The molecule has 1 aliphatic carbocycles. The zero-order valence-electron chi connectivity index (χ0n) is 11.2. The molecule has 104 valence electrons. The Balaban J connectivity index is 1.82. The van der Waals surface area contributed by atoms with Crippen LogP contribution in [0.5, 0.6) is 0 Å². The van der Waals surface area contributed by atoms with Crippen molar-refractivity contribution in [2.45, 2.75) is 12.8 Å². The Bertz CT molecular complexity index is 663. The van der Waals surface area contributed by atoms with E-state index in [0.29, 0.717) is 17.8 Å². The highest BCUT2D eigenvalue weighted by Crippen LogP contribution is 2.44. The molecule has 1 aliphatic rings. The molecule has 0 radical (unpaired) electrons. The normalized spacial score (nSPS) is 16.1. The molecule has 0 saturated heterocycles. The van der Waals surface area contributed by atoms with Gasteiger partial charge in [-0.2, -0.15) is 0 Å².